The number of piperidine rings is 1. The van der Waals surface area contributed by atoms with Gasteiger partial charge >= 0.3 is 6.03 Å². The highest BCUT2D eigenvalue weighted by atomic mass is 16.5. The Kier molecular flexibility index (Phi) is 5.79. The van der Waals surface area contributed by atoms with E-state index < -0.39 is 0 Å². The standard InChI is InChI=1S/C19H27N3O3/c1-25-17-7-5-15(6-8-17)16-9-12-22(14-16)19(24)20-13-18(23)21-10-3-2-4-11-21/h5-8,16H,2-4,9-14H2,1H3,(H,20,24). The van der Waals surface area contributed by atoms with Crippen LogP contribution in [0.2, 0.25) is 0 Å². The summed E-state index contributed by atoms with van der Waals surface area (Å²) in [5.74, 6) is 1.21. The number of benzene rings is 1. The highest BCUT2D eigenvalue weighted by Gasteiger charge is 2.28. The number of hydrogen-bond acceptors (Lipinski definition) is 3. The first kappa shape index (κ1) is 17.6. The van der Waals surface area contributed by atoms with E-state index in [1.165, 1.54) is 12.0 Å². The molecule has 3 rings (SSSR count). The van der Waals surface area contributed by atoms with Gasteiger partial charge in [0.15, 0.2) is 0 Å². The molecular formula is C19H27N3O3. The molecule has 1 aromatic carbocycles. The molecule has 1 atom stereocenters. The number of rotatable bonds is 4. The lowest BCUT2D eigenvalue weighted by Gasteiger charge is -2.27. The number of ether oxygens (including phenoxy) is 1. The molecule has 1 aromatic rings. The van der Waals surface area contributed by atoms with Gasteiger partial charge in [0.1, 0.15) is 5.75 Å². The third-order valence-electron chi connectivity index (χ3n) is 5.16. The van der Waals surface area contributed by atoms with Gasteiger partial charge in [-0.3, -0.25) is 4.79 Å². The number of carbonyl (C=O) groups is 2. The second-order valence-electron chi connectivity index (χ2n) is 6.80. The number of urea groups is 1. The van der Waals surface area contributed by atoms with Crippen LogP contribution in [-0.2, 0) is 4.79 Å². The summed E-state index contributed by atoms with van der Waals surface area (Å²) >= 11 is 0. The summed E-state index contributed by atoms with van der Waals surface area (Å²) in [6, 6.07) is 7.89. The third kappa shape index (κ3) is 4.44. The molecule has 3 amide bonds. The Balaban J connectivity index is 1.46. The van der Waals surface area contributed by atoms with Gasteiger partial charge in [0.25, 0.3) is 0 Å². The summed E-state index contributed by atoms with van der Waals surface area (Å²) in [5.41, 5.74) is 1.22. The number of nitrogens with one attached hydrogen (secondary N) is 1. The van der Waals surface area contributed by atoms with Crippen molar-refractivity contribution in [3.63, 3.8) is 0 Å². The van der Waals surface area contributed by atoms with Crippen molar-refractivity contribution in [3.8, 4) is 5.75 Å². The number of carbonyl (C=O) groups excluding carboxylic acids is 2. The van der Waals surface area contributed by atoms with E-state index in [2.05, 4.69) is 17.4 Å². The van der Waals surface area contributed by atoms with Crippen LogP contribution in [0.4, 0.5) is 4.79 Å². The Bertz CT molecular complexity index is 596. The summed E-state index contributed by atoms with van der Waals surface area (Å²) in [6.45, 7) is 3.15. The summed E-state index contributed by atoms with van der Waals surface area (Å²) in [5, 5.41) is 2.79. The van der Waals surface area contributed by atoms with Gasteiger partial charge in [0, 0.05) is 32.1 Å². The van der Waals surface area contributed by atoms with E-state index in [0.717, 1.165) is 44.6 Å². The van der Waals surface area contributed by atoms with Crippen LogP contribution in [0.3, 0.4) is 0 Å². The predicted molar refractivity (Wildman–Crippen MR) is 95.8 cm³/mol. The van der Waals surface area contributed by atoms with E-state index in [1.54, 1.807) is 12.0 Å². The number of hydrogen-bond donors (Lipinski definition) is 1. The van der Waals surface area contributed by atoms with E-state index in [-0.39, 0.29) is 18.5 Å². The highest BCUT2D eigenvalue weighted by Crippen LogP contribution is 2.28. The summed E-state index contributed by atoms with van der Waals surface area (Å²) in [7, 11) is 1.65. The third-order valence-corrected chi connectivity index (χ3v) is 5.16. The topological polar surface area (TPSA) is 61.9 Å². The molecule has 6 heteroatoms. The van der Waals surface area contributed by atoms with Crippen molar-refractivity contribution in [2.24, 2.45) is 0 Å². The molecule has 0 saturated carbocycles. The fourth-order valence-corrected chi connectivity index (χ4v) is 3.61. The van der Waals surface area contributed by atoms with Crippen LogP contribution in [-0.4, -0.2) is 61.6 Å². The van der Waals surface area contributed by atoms with E-state index in [4.69, 9.17) is 4.74 Å². The number of nitrogens with zero attached hydrogens (tertiary/aromatic N) is 2. The number of amides is 3. The fraction of sp³-hybridized carbons (Fsp3) is 0.579. The minimum absolute atomic E-state index is 0.0268. The van der Waals surface area contributed by atoms with Crippen molar-refractivity contribution in [2.45, 2.75) is 31.6 Å². The fourth-order valence-electron chi connectivity index (χ4n) is 3.61. The second kappa shape index (κ2) is 8.23. The molecule has 1 N–H and O–H groups in total. The Morgan fingerprint density at radius 1 is 1.08 bits per heavy atom. The second-order valence-corrected chi connectivity index (χ2v) is 6.80. The predicted octanol–water partition coefficient (Wildman–Crippen LogP) is 2.21. The van der Waals surface area contributed by atoms with Gasteiger partial charge in [-0.25, -0.2) is 4.79 Å². The number of likely N-dealkylation sites (tertiary alicyclic amines) is 2. The van der Waals surface area contributed by atoms with Crippen LogP contribution in [0.15, 0.2) is 24.3 Å². The Labute approximate surface area is 149 Å². The molecule has 0 bridgehead atoms. The van der Waals surface area contributed by atoms with Gasteiger partial charge in [0.2, 0.25) is 5.91 Å². The first-order valence-corrected chi connectivity index (χ1v) is 9.12. The average Bonchev–Trinajstić information content (AvgIpc) is 3.17. The minimum Gasteiger partial charge on any atom is -0.497 e. The van der Waals surface area contributed by atoms with Crippen molar-refractivity contribution in [1.29, 1.82) is 0 Å². The normalized spacial score (nSPS) is 20.4. The molecule has 2 aliphatic rings. The van der Waals surface area contributed by atoms with Crippen LogP contribution in [0, 0.1) is 0 Å². The molecule has 0 spiro atoms. The maximum atomic E-state index is 12.3. The zero-order valence-corrected chi connectivity index (χ0v) is 14.9. The van der Waals surface area contributed by atoms with E-state index in [1.807, 2.05) is 17.0 Å². The van der Waals surface area contributed by atoms with Crippen LogP contribution in [0.5, 0.6) is 5.75 Å². The summed E-state index contributed by atoms with van der Waals surface area (Å²) < 4.78 is 5.19. The quantitative estimate of drug-likeness (QED) is 0.910. The van der Waals surface area contributed by atoms with Gasteiger partial charge in [0.05, 0.1) is 13.7 Å². The Hall–Kier alpha value is -2.24. The molecule has 2 fully saturated rings. The molecule has 0 aromatic heterocycles. The van der Waals surface area contributed by atoms with Crippen molar-refractivity contribution in [2.75, 3.05) is 39.8 Å². The molecule has 2 heterocycles. The van der Waals surface area contributed by atoms with Crippen molar-refractivity contribution >= 4 is 11.9 Å². The first-order valence-electron chi connectivity index (χ1n) is 9.12. The van der Waals surface area contributed by atoms with Crippen LogP contribution >= 0.6 is 0 Å². The molecular weight excluding hydrogens is 318 g/mol. The molecule has 2 aliphatic heterocycles. The Morgan fingerprint density at radius 2 is 1.80 bits per heavy atom. The van der Waals surface area contributed by atoms with E-state index >= 15 is 0 Å². The molecule has 6 nitrogen and oxygen atoms in total. The monoisotopic (exact) mass is 345 g/mol. The van der Waals surface area contributed by atoms with Crippen molar-refractivity contribution < 1.29 is 14.3 Å². The van der Waals surface area contributed by atoms with Gasteiger partial charge in [-0.1, -0.05) is 12.1 Å². The first-order chi connectivity index (χ1) is 12.2. The molecule has 0 radical (unpaired) electrons. The van der Waals surface area contributed by atoms with Crippen molar-refractivity contribution in [1.82, 2.24) is 15.1 Å². The molecule has 25 heavy (non-hydrogen) atoms. The van der Waals surface area contributed by atoms with Gasteiger partial charge < -0.3 is 19.9 Å². The lowest BCUT2D eigenvalue weighted by atomic mass is 9.98. The zero-order chi connectivity index (χ0) is 17.6. The highest BCUT2D eigenvalue weighted by molar-refractivity contribution is 5.84. The lowest BCUT2D eigenvalue weighted by molar-refractivity contribution is -0.130. The van der Waals surface area contributed by atoms with Crippen LogP contribution in [0.25, 0.3) is 0 Å². The average molecular weight is 345 g/mol. The van der Waals surface area contributed by atoms with Crippen LogP contribution in [0.1, 0.15) is 37.2 Å². The van der Waals surface area contributed by atoms with E-state index in [9.17, 15) is 9.59 Å². The smallest absolute Gasteiger partial charge is 0.317 e. The maximum Gasteiger partial charge on any atom is 0.317 e. The summed E-state index contributed by atoms with van der Waals surface area (Å²) in [6.07, 6.45) is 4.27. The van der Waals surface area contributed by atoms with Gasteiger partial charge in [-0.15, -0.1) is 0 Å². The zero-order valence-electron chi connectivity index (χ0n) is 14.9. The minimum atomic E-state index is -0.138. The van der Waals surface area contributed by atoms with Gasteiger partial charge in [-0.05, 0) is 43.4 Å². The maximum absolute atomic E-state index is 12.3. The van der Waals surface area contributed by atoms with Crippen molar-refractivity contribution in [3.05, 3.63) is 29.8 Å². The summed E-state index contributed by atoms with van der Waals surface area (Å²) in [4.78, 5) is 28.1. The van der Waals surface area contributed by atoms with Gasteiger partial charge in [-0.2, -0.15) is 0 Å². The van der Waals surface area contributed by atoms with Crippen LogP contribution < -0.4 is 10.1 Å². The lowest BCUT2D eigenvalue weighted by Crippen LogP contribution is -2.46. The Morgan fingerprint density at radius 3 is 2.48 bits per heavy atom. The molecule has 0 aliphatic carbocycles. The molecule has 136 valence electrons. The number of methoxy groups -OCH3 is 1. The van der Waals surface area contributed by atoms with E-state index in [0.29, 0.717) is 12.5 Å². The largest absolute Gasteiger partial charge is 0.497 e. The SMILES string of the molecule is COc1ccc(C2CCN(C(=O)NCC(=O)N3CCCCC3)C2)cc1. The molecule has 2 saturated heterocycles. The molecule has 1 unspecified atom stereocenters.